The Bertz CT molecular complexity index is 898. The number of halogens is 1. The molecule has 178 valence electrons. The van der Waals surface area contributed by atoms with E-state index in [2.05, 4.69) is 36.1 Å². The Labute approximate surface area is 197 Å². The Hall–Kier alpha value is -2.24. The molecule has 0 bridgehead atoms. The van der Waals surface area contributed by atoms with Crippen LogP contribution in [-0.4, -0.2) is 59.6 Å². The van der Waals surface area contributed by atoms with Crippen LogP contribution in [0.5, 0.6) is 0 Å². The molecule has 1 N–H and O–H groups in total. The number of carbonyl (C=O) groups excluding carboxylic acids is 1. The molecule has 0 aromatic heterocycles. The number of piperidine rings is 1. The van der Waals surface area contributed by atoms with E-state index in [1.54, 1.807) is 23.1 Å². The fraction of sp³-hybridized carbons (Fsp3) is 0.536. The van der Waals surface area contributed by atoms with Gasteiger partial charge in [0.05, 0.1) is 5.56 Å². The van der Waals surface area contributed by atoms with Gasteiger partial charge in [0.15, 0.2) is 0 Å². The van der Waals surface area contributed by atoms with Crippen molar-refractivity contribution in [2.45, 2.75) is 51.0 Å². The van der Waals surface area contributed by atoms with Gasteiger partial charge in [0.25, 0.3) is 5.91 Å². The van der Waals surface area contributed by atoms with Gasteiger partial charge in [-0.15, -0.1) is 0 Å². The molecule has 0 radical (unpaired) electrons. The number of aliphatic hydroxyl groups is 1. The van der Waals surface area contributed by atoms with E-state index in [0.717, 1.165) is 31.8 Å². The molecule has 3 atom stereocenters. The van der Waals surface area contributed by atoms with Crippen LogP contribution in [0.15, 0.2) is 54.6 Å². The fourth-order valence-electron chi connectivity index (χ4n) is 5.82. The second kappa shape index (κ2) is 11.3. The van der Waals surface area contributed by atoms with E-state index in [4.69, 9.17) is 0 Å². The van der Waals surface area contributed by atoms with E-state index in [0.29, 0.717) is 31.5 Å². The fourth-order valence-corrected chi connectivity index (χ4v) is 5.82. The van der Waals surface area contributed by atoms with Crippen LogP contribution < -0.4 is 0 Å². The van der Waals surface area contributed by atoms with E-state index in [9.17, 15) is 14.3 Å². The molecule has 1 amide bonds. The highest BCUT2D eigenvalue weighted by Crippen LogP contribution is 2.43. The first-order chi connectivity index (χ1) is 16.1. The molecule has 2 fully saturated rings. The van der Waals surface area contributed by atoms with Gasteiger partial charge >= 0.3 is 0 Å². The summed E-state index contributed by atoms with van der Waals surface area (Å²) in [5.41, 5.74) is 1.45. The molecule has 5 heteroatoms. The molecule has 2 aromatic rings. The number of aliphatic hydroxyl groups excluding tert-OH is 1. The summed E-state index contributed by atoms with van der Waals surface area (Å²) in [7, 11) is 0. The third-order valence-electron chi connectivity index (χ3n) is 7.71. The SMILES string of the molecule is CC1CCN(C2CCC(c3ccccc3)C2CN(CCCO)C(=O)c2ccccc2F)CC1. The average molecular weight is 453 g/mol. The molecule has 4 nitrogen and oxygen atoms in total. The minimum Gasteiger partial charge on any atom is -0.396 e. The molecule has 0 spiro atoms. The normalized spacial score (nSPS) is 24.2. The molecule has 33 heavy (non-hydrogen) atoms. The Kier molecular flexibility index (Phi) is 8.15. The van der Waals surface area contributed by atoms with Crippen LogP contribution in [0, 0.1) is 17.7 Å². The topological polar surface area (TPSA) is 43.8 Å². The lowest BCUT2D eigenvalue weighted by atomic mass is 9.85. The summed E-state index contributed by atoms with van der Waals surface area (Å²) in [5, 5.41) is 9.47. The quantitative estimate of drug-likeness (QED) is 0.617. The summed E-state index contributed by atoms with van der Waals surface area (Å²) >= 11 is 0. The number of benzene rings is 2. The maximum atomic E-state index is 14.5. The standard InChI is InChI=1S/C28H37FN2O2/c1-21-14-17-30(18-15-21)27-13-12-23(22-8-3-2-4-9-22)25(27)20-31(16-7-19-32)28(33)24-10-5-6-11-26(24)29/h2-6,8-11,21,23,25,27,32H,7,12-20H2,1H3. The first-order valence-corrected chi connectivity index (χ1v) is 12.5. The van der Waals surface area contributed by atoms with Crippen molar-refractivity contribution in [1.82, 2.24) is 9.80 Å². The molecule has 1 saturated carbocycles. The highest BCUT2D eigenvalue weighted by molar-refractivity contribution is 5.94. The number of hydrogen-bond donors (Lipinski definition) is 1. The van der Waals surface area contributed by atoms with Crippen molar-refractivity contribution in [3.8, 4) is 0 Å². The van der Waals surface area contributed by atoms with Crippen LogP contribution in [0.4, 0.5) is 4.39 Å². The lowest BCUT2D eigenvalue weighted by molar-refractivity contribution is 0.0610. The molecule has 1 aliphatic heterocycles. The van der Waals surface area contributed by atoms with Crippen molar-refractivity contribution in [2.24, 2.45) is 11.8 Å². The Morgan fingerprint density at radius 2 is 1.73 bits per heavy atom. The number of rotatable bonds is 8. The second-order valence-electron chi connectivity index (χ2n) is 9.85. The van der Waals surface area contributed by atoms with Crippen LogP contribution in [0.2, 0.25) is 0 Å². The van der Waals surface area contributed by atoms with Gasteiger partial charge in [0, 0.05) is 25.7 Å². The van der Waals surface area contributed by atoms with E-state index in [-0.39, 0.29) is 24.0 Å². The van der Waals surface area contributed by atoms with Gasteiger partial charge in [-0.25, -0.2) is 4.39 Å². The zero-order valence-corrected chi connectivity index (χ0v) is 19.7. The predicted molar refractivity (Wildman–Crippen MR) is 130 cm³/mol. The lowest BCUT2D eigenvalue weighted by Crippen LogP contribution is -2.48. The highest BCUT2D eigenvalue weighted by Gasteiger charge is 2.42. The first-order valence-electron chi connectivity index (χ1n) is 12.5. The maximum absolute atomic E-state index is 14.5. The third kappa shape index (κ3) is 5.64. The number of amides is 1. The highest BCUT2D eigenvalue weighted by atomic mass is 19.1. The number of likely N-dealkylation sites (tertiary alicyclic amines) is 1. The first kappa shape index (κ1) is 23.9. The summed E-state index contributed by atoms with van der Waals surface area (Å²) in [5.74, 6) is 0.681. The Morgan fingerprint density at radius 1 is 1.03 bits per heavy atom. The summed E-state index contributed by atoms with van der Waals surface area (Å²) in [6.45, 7) is 5.60. The molecule has 2 aromatic carbocycles. The summed E-state index contributed by atoms with van der Waals surface area (Å²) in [6, 6.07) is 17.3. The van der Waals surface area contributed by atoms with Gasteiger partial charge < -0.3 is 14.9 Å². The second-order valence-corrected chi connectivity index (χ2v) is 9.85. The van der Waals surface area contributed by atoms with Crippen LogP contribution in [-0.2, 0) is 0 Å². The van der Waals surface area contributed by atoms with Gasteiger partial charge in [0.1, 0.15) is 5.82 Å². The molecule has 2 aliphatic rings. The predicted octanol–water partition coefficient (Wildman–Crippen LogP) is 4.94. The summed E-state index contributed by atoms with van der Waals surface area (Å²) in [6.07, 6.45) is 5.17. The van der Waals surface area contributed by atoms with Crippen LogP contribution in [0.1, 0.15) is 60.9 Å². The van der Waals surface area contributed by atoms with Crippen molar-refractivity contribution in [3.63, 3.8) is 0 Å². The van der Waals surface area contributed by atoms with E-state index >= 15 is 0 Å². The molecule has 3 unspecified atom stereocenters. The van der Waals surface area contributed by atoms with E-state index in [1.165, 1.54) is 24.5 Å². The van der Waals surface area contributed by atoms with Crippen LogP contribution >= 0.6 is 0 Å². The molecule has 4 rings (SSSR count). The van der Waals surface area contributed by atoms with Gasteiger partial charge in [-0.05, 0) is 80.6 Å². The number of carbonyl (C=O) groups is 1. The smallest absolute Gasteiger partial charge is 0.256 e. The van der Waals surface area contributed by atoms with E-state index in [1.807, 2.05) is 6.07 Å². The minimum absolute atomic E-state index is 0.0152. The van der Waals surface area contributed by atoms with Gasteiger partial charge in [-0.3, -0.25) is 4.79 Å². The summed E-state index contributed by atoms with van der Waals surface area (Å²) in [4.78, 5) is 17.9. The average Bonchev–Trinajstić information content (AvgIpc) is 3.26. The number of nitrogens with zero attached hydrogens (tertiary/aromatic N) is 2. The van der Waals surface area contributed by atoms with Crippen molar-refractivity contribution in [2.75, 3.05) is 32.8 Å². The zero-order chi connectivity index (χ0) is 23.2. The Balaban J connectivity index is 1.61. The van der Waals surface area contributed by atoms with Crippen molar-refractivity contribution >= 4 is 5.91 Å². The third-order valence-corrected chi connectivity index (χ3v) is 7.71. The molecule has 1 aliphatic carbocycles. The van der Waals surface area contributed by atoms with Gasteiger partial charge in [-0.1, -0.05) is 49.4 Å². The molecule has 1 heterocycles. The van der Waals surface area contributed by atoms with E-state index < -0.39 is 5.82 Å². The van der Waals surface area contributed by atoms with Gasteiger partial charge in [-0.2, -0.15) is 0 Å². The molecular weight excluding hydrogens is 415 g/mol. The molecule has 1 saturated heterocycles. The number of hydrogen-bond acceptors (Lipinski definition) is 3. The largest absolute Gasteiger partial charge is 0.396 e. The zero-order valence-electron chi connectivity index (χ0n) is 19.7. The van der Waals surface area contributed by atoms with Crippen molar-refractivity contribution in [3.05, 3.63) is 71.5 Å². The van der Waals surface area contributed by atoms with Crippen LogP contribution in [0.3, 0.4) is 0 Å². The maximum Gasteiger partial charge on any atom is 0.256 e. The summed E-state index contributed by atoms with van der Waals surface area (Å²) < 4.78 is 14.5. The monoisotopic (exact) mass is 452 g/mol. The Morgan fingerprint density at radius 3 is 2.42 bits per heavy atom. The lowest BCUT2D eigenvalue weighted by Gasteiger charge is -2.40. The van der Waals surface area contributed by atoms with Crippen molar-refractivity contribution < 1.29 is 14.3 Å². The van der Waals surface area contributed by atoms with Crippen LogP contribution in [0.25, 0.3) is 0 Å². The minimum atomic E-state index is -0.482. The van der Waals surface area contributed by atoms with Crippen molar-refractivity contribution in [1.29, 1.82) is 0 Å². The molecular formula is C28H37FN2O2. The van der Waals surface area contributed by atoms with Gasteiger partial charge in [0.2, 0.25) is 0 Å².